The molecule has 2 atom stereocenters. The van der Waals surface area contributed by atoms with Crippen molar-refractivity contribution in [1.82, 2.24) is 0 Å². The van der Waals surface area contributed by atoms with E-state index < -0.39 is 0 Å². The van der Waals surface area contributed by atoms with E-state index >= 15 is 0 Å². The second-order valence-corrected chi connectivity index (χ2v) is 4.73. The highest BCUT2D eigenvalue weighted by Crippen LogP contribution is 2.36. The Kier molecular flexibility index (Phi) is 2.58. The topological polar surface area (TPSA) is 9.23 Å². The lowest BCUT2D eigenvalue weighted by atomic mass is 9.99. The zero-order valence-electron chi connectivity index (χ0n) is 8.90. The molecular weight excluding hydrogens is 220 g/mol. The Bertz CT molecular complexity index is 504. The van der Waals surface area contributed by atoms with E-state index in [1.54, 1.807) is 0 Å². The fourth-order valence-electron chi connectivity index (χ4n) is 2.35. The zero-order chi connectivity index (χ0) is 11.0. The molecule has 3 rings (SSSR count). The second-order valence-electron chi connectivity index (χ2n) is 4.16. The van der Waals surface area contributed by atoms with Crippen molar-refractivity contribution in [2.75, 3.05) is 6.61 Å². The van der Waals surface area contributed by atoms with Crippen LogP contribution in [0.25, 0.3) is 10.8 Å². The zero-order valence-corrected chi connectivity index (χ0v) is 9.65. The van der Waals surface area contributed by atoms with Crippen molar-refractivity contribution in [3.05, 3.63) is 48.0 Å². The van der Waals surface area contributed by atoms with Crippen LogP contribution in [-0.2, 0) is 4.74 Å². The summed E-state index contributed by atoms with van der Waals surface area (Å²) in [6, 6.07) is 14.7. The molecule has 1 nitrogen and oxygen atoms in total. The van der Waals surface area contributed by atoms with Crippen LogP contribution in [0.2, 0.25) is 0 Å². The quantitative estimate of drug-likeness (QED) is 0.678. The first-order valence-corrected chi connectivity index (χ1v) is 6.03. The molecule has 0 unspecified atom stereocenters. The fourth-order valence-corrected chi connectivity index (χ4v) is 2.64. The van der Waals surface area contributed by atoms with Gasteiger partial charge in [0, 0.05) is 6.61 Å². The van der Waals surface area contributed by atoms with Gasteiger partial charge in [0.25, 0.3) is 0 Å². The Morgan fingerprint density at radius 3 is 2.69 bits per heavy atom. The Hall–Kier alpha value is -1.05. The van der Waals surface area contributed by atoms with Gasteiger partial charge < -0.3 is 4.74 Å². The van der Waals surface area contributed by atoms with Crippen molar-refractivity contribution in [3.63, 3.8) is 0 Å². The molecule has 82 valence electrons. The monoisotopic (exact) mass is 232 g/mol. The molecule has 1 aliphatic rings. The molecule has 16 heavy (non-hydrogen) atoms. The van der Waals surface area contributed by atoms with Gasteiger partial charge in [-0.3, -0.25) is 0 Å². The molecule has 1 fully saturated rings. The molecular formula is C14H13ClO. The first-order valence-electron chi connectivity index (χ1n) is 5.59. The first kappa shape index (κ1) is 10.1. The molecule has 0 spiro atoms. The van der Waals surface area contributed by atoms with E-state index in [2.05, 4.69) is 42.5 Å². The van der Waals surface area contributed by atoms with Crippen LogP contribution >= 0.6 is 11.6 Å². The minimum Gasteiger partial charge on any atom is -0.372 e. The van der Waals surface area contributed by atoms with Gasteiger partial charge in [0.05, 0.1) is 11.5 Å². The molecule has 0 saturated carbocycles. The third-order valence-electron chi connectivity index (χ3n) is 3.15. The van der Waals surface area contributed by atoms with Gasteiger partial charge in [-0.05, 0) is 22.8 Å². The number of benzene rings is 2. The molecule has 2 heteroatoms. The van der Waals surface area contributed by atoms with E-state index in [0.717, 1.165) is 13.0 Å². The van der Waals surface area contributed by atoms with Gasteiger partial charge in [0.2, 0.25) is 0 Å². The lowest BCUT2D eigenvalue weighted by Gasteiger charge is -2.15. The molecule has 1 aliphatic heterocycles. The molecule has 0 amide bonds. The lowest BCUT2D eigenvalue weighted by Crippen LogP contribution is -2.06. The molecule has 1 heterocycles. The average molecular weight is 233 g/mol. The van der Waals surface area contributed by atoms with Crippen molar-refractivity contribution >= 4 is 22.4 Å². The van der Waals surface area contributed by atoms with Crippen LogP contribution in [0, 0.1) is 0 Å². The number of rotatable bonds is 1. The van der Waals surface area contributed by atoms with Crippen LogP contribution in [0.3, 0.4) is 0 Å². The van der Waals surface area contributed by atoms with E-state index in [0.29, 0.717) is 0 Å². The molecule has 0 radical (unpaired) electrons. The fraction of sp³-hybridized carbons (Fsp3) is 0.286. The van der Waals surface area contributed by atoms with E-state index in [1.165, 1.54) is 16.3 Å². The maximum atomic E-state index is 6.29. The van der Waals surface area contributed by atoms with Crippen molar-refractivity contribution in [2.45, 2.75) is 17.9 Å². The van der Waals surface area contributed by atoms with E-state index in [-0.39, 0.29) is 11.5 Å². The second kappa shape index (κ2) is 4.08. The summed E-state index contributed by atoms with van der Waals surface area (Å²) in [7, 11) is 0. The predicted molar refractivity (Wildman–Crippen MR) is 66.9 cm³/mol. The third-order valence-corrected chi connectivity index (χ3v) is 3.60. The standard InChI is InChI=1S/C14H13ClO/c15-13-8-9-16-14(13)12-7-3-5-10-4-1-2-6-11(10)12/h1-7,13-14H,8-9H2/t13-,14+/m1/s1. The lowest BCUT2D eigenvalue weighted by molar-refractivity contribution is 0.114. The summed E-state index contributed by atoms with van der Waals surface area (Å²) < 4.78 is 5.73. The highest BCUT2D eigenvalue weighted by Gasteiger charge is 2.28. The smallest absolute Gasteiger partial charge is 0.0995 e. The summed E-state index contributed by atoms with van der Waals surface area (Å²) in [4.78, 5) is 0. The van der Waals surface area contributed by atoms with Gasteiger partial charge in [0.15, 0.2) is 0 Å². The summed E-state index contributed by atoms with van der Waals surface area (Å²) in [5, 5.41) is 2.60. The van der Waals surface area contributed by atoms with Gasteiger partial charge in [-0.25, -0.2) is 0 Å². The van der Waals surface area contributed by atoms with Gasteiger partial charge in [-0.2, -0.15) is 0 Å². The molecule has 0 aliphatic carbocycles. The summed E-state index contributed by atoms with van der Waals surface area (Å²) in [6.07, 6.45) is 0.989. The number of hydrogen-bond acceptors (Lipinski definition) is 1. The van der Waals surface area contributed by atoms with E-state index in [9.17, 15) is 0 Å². The Labute approximate surface area is 100.0 Å². The SMILES string of the molecule is Cl[C@@H]1CCO[C@H]1c1cccc2ccccc12. The van der Waals surface area contributed by atoms with Crippen molar-refractivity contribution in [3.8, 4) is 0 Å². The maximum absolute atomic E-state index is 6.29. The summed E-state index contributed by atoms with van der Waals surface area (Å²) in [5.41, 5.74) is 1.22. The van der Waals surface area contributed by atoms with Gasteiger partial charge in [-0.1, -0.05) is 42.5 Å². The molecule has 2 aromatic carbocycles. The largest absolute Gasteiger partial charge is 0.372 e. The highest BCUT2D eigenvalue weighted by atomic mass is 35.5. The first-order chi connectivity index (χ1) is 7.86. The maximum Gasteiger partial charge on any atom is 0.0995 e. The third kappa shape index (κ3) is 1.60. The van der Waals surface area contributed by atoms with Crippen molar-refractivity contribution in [1.29, 1.82) is 0 Å². The minimum absolute atomic E-state index is 0.0489. The van der Waals surface area contributed by atoms with Gasteiger partial charge in [0.1, 0.15) is 0 Å². The van der Waals surface area contributed by atoms with Gasteiger partial charge >= 0.3 is 0 Å². The van der Waals surface area contributed by atoms with Crippen LogP contribution < -0.4 is 0 Å². The minimum atomic E-state index is 0.0489. The van der Waals surface area contributed by atoms with E-state index in [4.69, 9.17) is 16.3 Å². The van der Waals surface area contributed by atoms with Crippen LogP contribution in [0.15, 0.2) is 42.5 Å². The Morgan fingerprint density at radius 1 is 1.06 bits per heavy atom. The highest BCUT2D eigenvalue weighted by molar-refractivity contribution is 6.21. The number of hydrogen-bond donors (Lipinski definition) is 0. The summed E-state index contributed by atoms with van der Waals surface area (Å²) in [6.45, 7) is 0.766. The summed E-state index contributed by atoms with van der Waals surface area (Å²) in [5.74, 6) is 0. The average Bonchev–Trinajstić information content (AvgIpc) is 2.75. The molecule has 0 bridgehead atoms. The van der Waals surface area contributed by atoms with E-state index in [1.807, 2.05) is 0 Å². The number of fused-ring (bicyclic) bond motifs is 1. The number of halogens is 1. The van der Waals surface area contributed by atoms with Crippen molar-refractivity contribution in [2.24, 2.45) is 0 Å². The number of ether oxygens (including phenoxy) is 1. The van der Waals surface area contributed by atoms with Crippen LogP contribution in [-0.4, -0.2) is 12.0 Å². The predicted octanol–water partition coefficient (Wildman–Crippen LogP) is 3.91. The molecule has 0 aromatic heterocycles. The van der Waals surface area contributed by atoms with Crippen LogP contribution in [0.4, 0.5) is 0 Å². The van der Waals surface area contributed by atoms with Gasteiger partial charge in [-0.15, -0.1) is 11.6 Å². The molecule has 2 aromatic rings. The van der Waals surface area contributed by atoms with Crippen molar-refractivity contribution < 1.29 is 4.74 Å². The molecule has 0 N–H and O–H groups in total. The normalized spacial score (nSPS) is 25.1. The van der Waals surface area contributed by atoms with Crippen LogP contribution in [0.1, 0.15) is 18.1 Å². The van der Waals surface area contributed by atoms with Crippen LogP contribution in [0.5, 0.6) is 0 Å². The number of alkyl halides is 1. The Balaban J connectivity index is 2.16. The summed E-state index contributed by atoms with van der Waals surface area (Å²) >= 11 is 6.29. The Morgan fingerprint density at radius 2 is 1.88 bits per heavy atom. The molecule has 1 saturated heterocycles.